The summed E-state index contributed by atoms with van der Waals surface area (Å²) in [5.74, 6) is 1.30. The van der Waals surface area contributed by atoms with Crippen LogP contribution in [0.5, 0.6) is 11.6 Å². The molecule has 110 valence electrons. The molecule has 1 fully saturated rings. The maximum absolute atomic E-state index is 6.19. The molecular weight excluding hydrogens is 352 g/mol. The van der Waals surface area contributed by atoms with Gasteiger partial charge in [-0.05, 0) is 59.0 Å². The summed E-state index contributed by atoms with van der Waals surface area (Å²) < 4.78 is 6.75. The van der Waals surface area contributed by atoms with Gasteiger partial charge in [0, 0.05) is 24.8 Å². The van der Waals surface area contributed by atoms with Crippen LogP contribution in [0, 0.1) is 6.92 Å². The molecule has 0 saturated heterocycles. The van der Waals surface area contributed by atoms with Crippen LogP contribution in [-0.2, 0) is 6.54 Å². The molecule has 1 aliphatic carbocycles. The van der Waals surface area contributed by atoms with Crippen LogP contribution in [-0.4, -0.2) is 11.0 Å². The fourth-order valence-electron chi connectivity index (χ4n) is 1.99. The fraction of sp³-hybridized carbons (Fsp3) is 0.312. The molecule has 0 bridgehead atoms. The zero-order valence-electron chi connectivity index (χ0n) is 11.7. The van der Waals surface area contributed by atoms with Crippen molar-refractivity contribution in [3.05, 3.63) is 51.1 Å². The summed E-state index contributed by atoms with van der Waals surface area (Å²) in [5.41, 5.74) is 2.18. The molecule has 5 heteroatoms. The van der Waals surface area contributed by atoms with Crippen molar-refractivity contribution < 1.29 is 4.74 Å². The van der Waals surface area contributed by atoms with E-state index in [4.69, 9.17) is 16.3 Å². The van der Waals surface area contributed by atoms with E-state index in [1.807, 2.05) is 31.2 Å². The number of hydrogen-bond donors (Lipinski definition) is 1. The highest BCUT2D eigenvalue weighted by molar-refractivity contribution is 9.10. The van der Waals surface area contributed by atoms with E-state index in [0.29, 0.717) is 16.9 Å². The molecule has 1 heterocycles. The summed E-state index contributed by atoms with van der Waals surface area (Å²) in [4.78, 5) is 4.24. The van der Waals surface area contributed by atoms with E-state index in [1.165, 1.54) is 18.4 Å². The molecule has 1 aliphatic rings. The minimum absolute atomic E-state index is 0.552. The largest absolute Gasteiger partial charge is 0.438 e. The van der Waals surface area contributed by atoms with Crippen LogP contribution in [0.4, 0.5) is 0 Å². The third-order valence-corrected chi connectivity index (χ3v) is 4.33. The Labute approximate surface area is 137 Å². The van der Waals surface area contributed by atoms with Gasteiger partial charge in [-0.1, -0.05) is 17.7 Å². The first-order chi connectivity index (χ1) is 10.1. The third kappa shape index (κ3) is 3.96. The molecule has 0 unspecified atom stereocenters. The molecule has 0 atom stereocenters. The summed E-state index contributed by atoms with van der Waals surface area (Å²) >= 11 is 9.69. The zero-order valence-corrected chi connectivity index (χ0v) is 14.0. The van der Waals surface area contributed by atoms with Gasteiger partial charge in [-0.15, -0.1) is 0 Å². The number of nitrogens with zero attached hydrogens (tertiary/aromatic N) is 1. The lowest BCUT2D eigenvalue weighted by atomic mass is 10.2. The average Bonchev–Trinajstić information content (AvgIpc) is 3.26. The summed E-state index contributed by atoms with van der Waals surface area (Å²) in [6.45, 7) is 2.79. The first-order valence-corrected chi connectivity index (χ1v) is 8.11. The molecule has 0 spiro atoms. The lowest BCUT2D eigenvalue weighted by molar-refractivity contribution is 0.458. The van der Waals surface area contributed by atoms with Crippen LogP contribution in [0.15, 0.2) is 34.9 Å². The molecule has 2 aromatic rings. The topological polar surface area (TPSA) is 34.1 Å². The Kier molecular flexibility index (Phi) is 4.48. The summed E-state index contributed by atoms with van der Waals surface area (Å²) in [6.07, 6.45) is 4.15. The van der Waals surface area contributed by atoms with Crippen LogP contribution < -0.4 is 10.1 Å². The Balaban J connectivity index is 1.76. The van der Waals surface area contributed by atoms with Gasteiger partial charge in [-0.25, -0.2) is 4.98 Å². The van der Waals surface area contributed by atoms with Crippen molar-refractivity contribution in [2.75, 3.05) is 0 Å². The Morgan fingerprint density at radius 2 is 2.19 bits per heavy atom. The van der Waals surface area contributed by atoms with Crippen molar-refractivity contribution in [3.8, 4) is 11.6 Å². The Hall–Kier alpha value is -1.10. The van der Waals surface area contributed by atoms with Gasteiger partial charge in [0.05, 0.1) is 9.50 Å². The number of pyridine rings is 1. The molecule has 1 N–H and O–H groups in total. The zero-order chi connectivity index (χ0) is 14.8. The molecular formula is C16H16BrClN2O. The van der Waals surface area contributed by atoms with Crippen molar-refractivity contribution >= 4 is 27.5 Å². The second-order valence-electron chi connectivity index (χ2n) is 5.31. The lowest BCUT2D eigenvalue weighted by Crippen LogP contribution is -2.15. The number of aromatic nitrogens is 1. The van der Waals surface area contributed by atoms with Gasteiger partial charge in [0.1, 0.15) is 5.75 Å². The summed E-state index contributed by atoms with van der Waals surface area (Å²) in [5, 5.41) is 4.11. The maximum atomic E-state index is 6.19. The van der Waals surface area contributed by atoms with Crippen molar-refractivity contribution in [1.82, 2.24) is 10.3 Å². The molecule has 1 saturated carbocycles. The Morgan fingerprint density at radius 3 is 2.90 bits per heavy atom. The van der Waals surface area contributed by atoms with Crippen LogP contribution in [0.1, 0.15) is 24.0 Å². The SMILES string of the molecule is Cc1ccc(Oc2cc(CNC3CC3)c(Cl)cn2)c(Br)c1. The monoisotopic (exact) mass is 366 g/mol. The van der Waals surface area contributed by atoms with Crippen LogP contribution in [0.25, 0.3) is 0 Å². The molecule has 1 aromatic carbocycles. The number of nitrogens with one attached hydrogen (secondary N) is 1. The van der Waals surface area contributed by atoms with E-state index in [-0.39, 0.29) is 0 Å². The fourth-order valence-corrected chi connectivity index (χ4v) is 2.74. The number of hydrogen-bond acceptors (Lipinski definition) is 3. The Morgan fingerprint density at radius 1 is 1.38 bits per heavy atom. The van der Waals surface area contributed by atoms with E-state index in [1.54, 1.807) is 6.20 Å². The van der Waals surface area contributed by atoms with Crippen molar-refractivity contribution in [1.29, 1.82) is 0 Å². The van der Waals surface area contributed by atoms with Gasteiger partial charge in [-0.3, -0.25) is 0 Å². The van der Waals surface area contributed by atoms with E-state index in [0.717, 1.165) is 22.3 Å². The van der Waals surface area contributed by atoms with Gasteiger partial charge in [0.2, 0.25) is 5.88 Å². The van der Waals surface area contributed by atoms with E-state index < -0.39 is 0 Å². The van der Waals surface area contributed by atoms with Crippen LogP contribution in [0.3, 0.4) is 0 Å². The van der Waals surface area contributed by atoms with E-state index >= 15 is 0 Å². The average molecular weight is 368 g/mol. The molecule has 0 aliphatic heterocycles. The third-order valence-electron chi connectivity index (χ3n) is 3.37. The molecule has 3 nitrogen and oxygen atoms in total. The van der Waals surface area contributed by atoms with Gasteiger partial charge in [0.15, 0.2) is 0 Å². The Bertz CT molecular complexity index is 659. The number of benzene rings is 1. The van der Waals surface area contributed by atoms with Crippen molar-refractivity contribution in [2.45, 2.75) is 32.4 Å². The van der Waals surface area contributed by atoms with Gasteiger partial charge >= 0.3 is 0 Å². The van der Waals surface area contributed by atoms with Gasteiger partial charge in [-0.2, -0.15) is 0 Å². The molecule has 21 heavy (non-hydrogen) atoms. The van der Waals surface area contributed by atoms with E-state index in [2.05, 4.69) is 26.2 Å². The normalized spacial score (nSPS) is 14.2. The highest BCUT2D eigenvalue weighted by Crippen LogP contribution is 2.31. The van der Waals surface area contributed by atoms with Gasteiger partial charge < -0.3 is 10.1 Å². The number of ether oxygens (including phenoxy) is 1. The molecule has 1 aromatic heterocycles. The number of rotatable bonds is 5. The number of aryl methyl sites for hydroxylation is 1. The van der Waals surface area contributed by atoms with Crippen LogP contribution >= 0.6 is 27.5 Å². The highest BCUT2D eigenvalue weighted by atomic mass is 79.9. The standard InChI is InChI=1S/C16H16BrClN2O/c1-10-2-5-15(13(17)6-10)21-16-7-11(14(18)9-20-16)8-19-12-3-4-12/h2,5-7,9,12,19H,3-4,8H2,1H3. The van der Waals surface area contributed by atoms with Gasteiger partial charge in [0.25, 0.3) is 0 Å². The first-order valence-electron chi connectivity index (χ1n) is 6.93. The molecule has 0 radical (unpaired) electrons. The maximum Gasteiger partial charge on any atom is 0.219 e. The second kappa shape index (κ2) is 6.34. The quantitative estimate of drug-likeness (QED) is 0.820. The second-order valence-corrected chi connectivity index (χ2v) is 6.57. The predicted octanol–water partition coefficient (Wildman–Crippen LogP) is 4.85. The number of halogens is 2. The smallest absolute Gasteiger partial charge is 0.219 e. The summed E-state index contributed by atoms with van der Waals surface area (Å²) in [6, 6.07) is 8.48. The van der Waals surface area contributed by atoms with Crippen molar-refractivity contribution in [2.24, 2.45) is 0 Å². The molecule has 0 amide bonds. The predicted molar refractivity (Wildman–Crippen MR) is 88.1 cm³/mol. The van der Waals surface area contributed by atoms with Crippen LogP contribution in [0.2, 0.25) is 5.02 Å². The molecule has 3 rings (SSSR count). The first kappa shape index (κ1) is 14.8. The minimum atomic E-state index is 0.552. The van der Waals surface area contributed by atoms with E-state index in [9.17, 15) is 0 Å². The summed E-state index contributed by atoms with van der Waals surface area (Å²) in [7, 11) is 0. The minimum Gasteiger partial charge on any atom is -0.438 e. The van der Waals surface area contributed by atoms with Crippen molar-refractivity contribution in [3.63, 3.8) is 0 Å². The highest BCUT2D eigenvalue weighted by Gasteiger charge is 2.20. The lowest BCUT2D eigenvalue weighted by Gasteiger charge is -2.10.